The fourth-order valence-electron chi connectivity index (χ4n) is 6.29. The zero-order valence-electron chi connectivity index (χ0n) is 28.0. The van der Waals surface area contributed by atoms with Gasteiger partial charge in [-0.25, -0.2) is 18.4 Å². The summed E-state index contributed by atoms with van der Waals surface area (Å²) in [5.41, 5.74) is 3.41. The van der Waals surface area contributed by atoms with Gasteiger partial charge in [0.2, 0.25) is 0 Å². The normalized spacial score (nSPS) is 15.2. The second kappa shape index (κ2) is 15.5. The minimum atomic E-state index is -0.716. The largest absolute Gasteiger partial charge is 0.450 e. The van der Waals surface area contributed by atoms with Crippen molar-refractivity contribution in [2.75, 3.05) is 68.1 Å². The van der Waals surface area contributed by atoms with Gasteiger partial charge in [0, 0.05) is 68.3 Å². The van der Waals surface area contributed by atoms with Crippen LogP contribution in [0.25, 0.3) is 10.9 Å². The van der Waals surface area contributed by atoms with Gasteiger partial charge in [-0.1, -0.05) is 6.07 Å². The summed E-state index contributed by atoms with van der Waals surface area (Å²) in [5, 5.41) is 11.3. The number of benzene rings is 3. The van der Waals surface area contributed by atoms with Crippen LogP contribution in [-0.4, -0.2) is 91.4 Å². The van der Waals surface area contributed by atoms with Crippen LogP contribution in [0.15, 0.2) is 54.6 Å². The van der Waals surface area contributed by atoms with Gasteiger partial charge in [0.05, 0.1) is 24.3 Å². The quantitative estimate of drug-likeness (QED) is 0.216. The molecule has 3 aromatic carbocycles. The molecule has 2 N–H and O–H groups in total. The highest BCUT2D eigenvalue weighted by Crippen LogP contribution is 2.30. The Balaban J connectivity index is 1.30. The Bertz CT molecular complexity index is 1850. The van der Waals surface area contributed by atoms with E-state index in [0.29, 0.717) is 79.3 Å². The van der Waals surface area contributed by atoms with E-state index in [1.54, 1.807) is 43.0 Å². The Morgan fingerprint density at radius 2 is 1.56 bits per heavy atom. The van der Waals surface area contributed by atoms with E-state index >= 15 is 0 Å². The van der Waals surface area contributed by atoms with Crippen LogP contribution in [0.1, 0.15) is 48.2 Å². The van der Waals surface area contributed by atoms with E-state index < -0.39 is 23.6 Å². The molecule has 0 radical (unpaired) electrons. The summed E-state index contributed by atoms with van der Waals surface area (Å²) in [6.07, 6.45) is 0.713. The molecule has 264 valence electrons. The summed E-state index contributed by atoms with van der Waals surface area (Å²) in [6.45, 7) is 7.34. The number of fused-ring (bicyclic) bond motifs is 1. The van der Waals surface area contributed by atoms with Crippen LogP contribution in [0.3, 0.4) is 0 Å². The minimum Gasteiger partial charge on any atom is -0.450 e. The Morgan fingerprint density at radius 3 is 2.26 bits per heavy atom. The van der Waals surface area contributed by atoms with Gasteiger partial charge in [-0.15, -0.1) is 5.10 Å². The standard InChI is InChI=1S/C36H40F2N6O6/c1-3-49-35(46)43-13-11-42(12-14-43)28-6-7-29(31(22-28)39-27-9-15-48-16-10-27)34(45)40-33-30-20-23(17-24-18-25(37)21-26(38)19-24)5-8-32(30)44(41-33)36(47)50-4-2/h5-8,18-22,27,39H,3-4,9-17H2,1-2H3,(H,40,41,45). The first-order valence-corrected chi connectivity index (χ1v) is 16.8. The van der Waals surface area contributed by atoms with E-state index in [9.17, 15) is 23.2 Å². The highest BCUT2D eigenvalue weighted by Gasteiger charge is 2.25. The molecule has 2 saturated heterocycles. The minimum absolute atomic E-state index is 0.0882. The van der Waals surface area contributed by atoms with Crippen LogP contribution in [0.4, 0.5) is 35.6 Å². The molecule has 14 heteroatoms. The van der Waals surface area contributed by atoms with Gasteiger partial charge < -0.3 is 34.6 Å². The van der Waals surface area contributed by atoms with Crippen molar-refractivity contribution in [2.45, 2.75) is 39.2 Å². The van der Waals surface area contributed by atoms with Crippen molar-refractivity contribution < 1.29 is 37.4 Å². The third-order valence-corrected chi connectivity index (χ3v) is 8.75. The Hall–Kier alpha value is -5.24. The zero-order valence-corrected chi connectivity index (χ0v) is 28.0. The van der Waals surface area contributed by atoms with Gasteiger partial charge in [0.25, 0.3) is 5.91 Å². The number of hydrogen-bond donors (Lipinski definition) is 2. The summed E-state index contributed by atoms with van der Waals surface area (Å²) in [4.78, 5) is 43.0. The maximum absolute atomic E-state index is 14.0. The van der Waals surface area contributed by atoms with Crippen LogP contribution in [-0.2, 0) is 20.6 Å². The number of nitrogens with zero attached hydrogens (tertiary/aromatic N) is 4. The van der Waals surface area contributed by atoms with Crippen molar-refractivity contribution in [2.24, 2.45) is 0 Å². The van der Waals surface area contributed by atoms with E-state index in [1.165, 1.54) is 12.1 Å². The number of halogens is 2. The SMILES string of the molecule is CCOC(=O)N1CCN(c2ccc(C(=O)Nc3nn(C(=O)OCC)c4ccc(Cc5cc(F)cc(F)c5)cc34)c(NC3CCOCC3)c2)CC1. The molecular weight excluding hydrogens is 650 g/mol. The third-order valence-electron chi connectivity index (χ3n) is 8.75. The average molecular weight is 691 g/mol. The second-order valence-corrected chi connectivity index (χ2v) is 12.2. The van der Waals surface area contributed by atoms with Gasteiger partial charge in [0.1, 0.15) is 11.6 Å². The lowest BCUT2D eigenvalue weighted by Gasteiger charge is -2.36. The molecule has 0 spiro atoms. The zero-order chi connectivity index (χ0) is 35.2. The third kappa shape index (κ3) is 7.96. The first-order valence-electron chi connectivity index (χ1n) is 16.8. The summed E-state index contributed by atoms with van der Waals surface area (Å²) < 4.78 is 44.8. The molecular formula is C36H40F2N6O6. The molecule has 2 aliphatic rings. The molecule has 1 aromatic heterocycles. The van der Waals surface area contributed by atoms with Crippen molar-refractivity contribution in [3.8, 4) is 0 Å². The number of rotatable bonds is 9. The first kappa shape index (κ1) is 34.6. The molecule has 2 amide bonds. The van der Waals surface area contributed by atoms with Crippen LogP contribution >= 0.6 is 0 Å². The second-order valence-electron chi connectivity index (χ2n) is 12.2. The van der Waals surface area contributed by atoms with Crippen molar-refractivity contribution in [1.82, 2.24) is 14.7 Å². The van der Waals surface area contributed by atoms with Crippen molar-refractivity contribution in [3.63, 3.8) is 0 Å². The topological polar surface area (TPSA) is 127 Å². The van der Waals surface area contributed by atoms with Crippen LogP contribution in [0.5, 0.6) is 0 Å². The molecule has 2 fully saturated rings. The molecule has 0 bridgehead atoms. The molecule has 50 heavy (non-hydrogen) atoms. The van der Waals surface area contributed by atoms with Crippen LogP contribution < -0.4 is 15.5 Å². The monoisotopic (exact) mass is 690 g/mol. The lowest BCUT2D eigenvalue weighted by molar-refractivity contribution is 0.0904. The molecule has 0 aliphatic carbocycles. The fraction of sp³-hybridized carbons (Fsp3) is 0.389. The number of nitrogens with one attached hydrogen (secondary N) is 2. The van der Waals surface area contributed by atoms with Gasteiger partial charge in [-0.3, -0.25) is 4.79 Å². The number of aromatic nitrogens is 2. The lowest BCUT2D eigenvalue weighted by Crippen LogP contribution is -2.49. The summed E-state index contributed by atoms with van der Waals surface area (Å²) in [5.74, 6) is -1.69. The molecule has 0 atom stereocenters. The van der Waals surface area contributed by atoms with Crippen molar-refractivity contribution >= 4 is 46.2 Å². The summed E-state index contributed by atoms with van der Waals surface area (Å²) >= 11 is 0. The number of amides is 2. The molecule has 6 rings (SSSR count). The molecule has 0 unspecified atom stereocenters. The van der Waals surface area contributed by atoms with Crippen molar-refractivity contribution in [1.29, 1.82) is 0 Å². The predicted octanol–water partition coefficient (Wildman–Crippen LogP) is 6.03. The molecule has 4 aromatic rings. The number of piperazine rings is 1. The summed E-state index contributed by atoms with van der Waals surface area (Å²) in [7, 11) is 0. The van der Waals surface area contributed by atoms with Gasteiger partial charge in [0.15, 0.2) is 5.82 Å². The average Bonchev–Trinajstić information content (AvgIpc) is 3.46. The lowest BCUT2D eigenvalue weighted by atomic mass is 10.0. The van der Waals surface area contributed by atoms with Gasteiger partial charge in [-0.2, -0.15) is 4.68 Å². The predicted molar refractivity (Wildman–Crippen MR) is 184 cm³/mol. The summed E-state index contributed by atoms with van der Waals surface area (Å²) in [6, 6.07) is 14.1. The van der Waals surface area contributed by atoms with Crippen LogP contribution in [0.2, 0.25) is 0 Å². The maximum Gasteiger partial charge on any atom is 0.435 e. The smallest absolute Gasteiger partial charge is 0.435 e. The molecule has 0 saturated carbocycles. The number of hydrogen-bond acceptors (Lipinski definition) is 9. The van der Waals surface area contributed by atoms with E-state index in [1.807, 2.05) is 12.1 Å². The highest BCUT2D eigenvalue weighted by atomic mass is 19.1. The Kier molecular flexibility index (Phi) is 10.8. The van der Waals surface area contributed by atoms with Gasteiger partial charge >= 0.3 is 12.2 Å². The van der Waals surface area contributed by atoms with Crippen LogP contribution in [0, 0.1) is 11.6 Å². The fourth-order valence-corrected chi connectivity index (χ4v) is 6.29. The Morgan fingerprint density at radius 1 is 0.860 bits per heavy atom. The number of carbonyl (C=O) groups excluding carboxylic acids is 3. The molecule has 2 aliphatic heterocycles. The van der Waals surface area contributed by atoms with Gasteiger partial charge in [-0.05, 0) is 86.7 Å². The molecule has 12 nitrogen and oxygen atoms in total. The maximum atomic E-state index is 14.0. The number of carbonyl (C=O) groups is 3. The van der Waals surface area contributed by atoms with E-state index in [-0.39, 0.29) is 31.0 Å². The Labute approximate surface area is 288 Å². The van der Waals surface area contributed by atoms with E-state index in [4.69, 9.17) is 14.2 Å². The number of ether oxygens (including phenoxy) is 3. The van der Waals surface area contributed by atoms with Crippen molar-refractivity contribution in [3.05, 3.63) is 82.9 Å². The van der Waals surface area contributed by atoms with E-state index in [2.05, 4.69) is 20.6 Å². The number of anilines is 3. The van der Waals surface area contributed by atoms with E-state index in [0.717, 1.165) is 29.3 Å². The highest BCUT2D eigenvalue weighted by molar-refractivity contribution is 6.11. The molecule has 3 heterocycles. The first-order chi connectivity index (χ1) is 24.2.